The minimum Gasteiger partial charge on any atom is -0.549 e. The predicted molar refractivity (Wildman–Crippen MR) is 145 cm³/mol. The van der Waals surface area contributed by atoms with E-state index >= 15 is 0 Å². The molecule has 0 amide bonds. The highest BCUT2D eigenvalue weighted by atomic mass is 28.3. The third-order valence-corrected chi connectivity index (χ3v) is 9.21. The molecule has 0 aromatic heterocycles. The minimum absolute atomic E-state index is 0.0152. The molecule has 1 aliphatic heterocycles. The van der Waals surface area contributed by atoms with E-state index in [0.717, 1.165) is 12.1 Å². The number of alkyl halides is 3. The van der Waals surface area contributed by atoms with Crippen LogP contribution in [-0.4, -0.2) is 32.7 Å². The topological polar surface area (TPSA) is 119 Å². The van der Waals surface area contributed by atoms with Crippen LogP contribution in [0.5, 0.6) is 0 Å². The first-order valence-electron chi connectivity index (χ1n) is 12.9. The summed E-state index contributed by atoms with van der Waals surface area (Å²) in [5, 5.41) is 22.7. The molecule has 11 heteroatoms. The van der Waals surface area contributed by atoms with Crippen LogP contribution in [-0.2, 0) is 20.5 Å². The molecule has 0 saturated heterocycles. The number of ether oxygens (including phenoxy) is 1. The molecular weight excluding hydrogens is 539 g/mol. The van der Waals surface area contributed by atoms with Crippen LogP contribution in [0, 0.1) is 16.7 Å². The number of hydrogen-bond donors (Lipinski definition) is 1. The fourth-order valence-electron chi connectivity index (χ4n) is 5.38. The number of nitrogens with zero attached hydrogens (tertiary/aromatic N) is 2. The van der Waals surface area contributed by atoms with Gasteiger partial charge in [-0.25, -0.2) is 4.79 Å². The summed E-state index contributed by atoms with van der Waals surface area (Å²) in [5.74, 6) is -3.70. The zero-order valence-corrected chi connectivity index (χ0v) is 24.1. The summed E-state index contributed by atoms with van der Waals surface area (Å²) in [4.78, 5) is 28.2. The third kappa shape index (κ3) is 5.87. The van der Waals surface area contributed by atoms with Crippen molar-refractivity contribution in [2.75, 3.05) is 11.5 Å². The quantitative estimate of drug-likeness (QED) is 0.358. The Hall–Kier alpha value is -3.78. The first-order chi connectivity index (χ1) is 18.6. The predicted octanol–water partition coefficient (Wildman–Crippen LogP) is 4.77. The summed E-state index contributed by atoms with van der Waals surface area (Å²) in [7, 11) is -1.89. The van der Waals surface area contributed by atoms with Crippen LogP contribution < -0.4 is 15.7 Å². The van der Waals surface area contributed by atoms with Crippen molar-refractivity contribution in [3.63, 3.8) is 0 Å². The Labute approximate surface area is 233 Å². The monoisotopic (exact) mass is 572 g/mol. The van der Waals surface area contributed by atoms with Crippen LogP contribution in [0.15, 0.2) is 59.9 Å². The van der Waals surface area contributed by atoms with E-state index in [2.05, 4.69) is 19.6 Å². The fraction of sp³-hybridized carbons (Fsp3) is 0.414. The number of anilines is 1. The average Bonchev–Trinajstić information content (AvgIpc) is 2.87. The first kappa shape index (κ1) is 30.8. The molecule has 3 rings (SSSR count). The number of hydrogen-bond acceptors (Lipinski definition) is 7. The van der Waals surface area contributed by atoms with Crippen molar-refractivity contribution in [3.8, 4) is 6.07 Å². The molecular formula is C29H33F3N3O4Si-. The highest BCUT2D eigenvalue weighted by molar-refractivity contribution is 6.76. The molecule has 3 unspecified atom stereocenters. The first-order valence-corrected chi connectivity index (χ1v) is 16.6. The normalized spacial score (nSPS) is 21.6. The largest absolute Gasteiger partial charge is 0.549 e. The maximum atomic E-state index is 13.7. The number of carbonyl (C=O) groups is 2. The number of nitrogens with two attached hydrogens (primary N) is 1. The van der Waals surface area contributed by atoms with Crippen LogP contribution in [0.3, 0.4) is 0 Å². The van der Waals surface area contributed by atoms with E-state index in [1.165, 1.54) is 29.2 Å². The smallest absolute Gasteiger partial charge is 0.416 e. The molecule has 2 aromatic rings. The van der Waals surface area contributed by atoms with Gasteiger partial charge in [-0.2, -0.15) is 18.4 Å². The lowest BCUT2D eigenvalue weighted by Gasteiger charge is -2.55. The van der Waals surface area contributed by atoms with Crippen molar-refractivity contribution in [2.45, 2.75) is 64.1 Å². The highest BCUT2D eigenvalue weighted by Crippen LogP contribution is 2.54. The second-order valence-electron chi connectivity index (χ2n) is 11.2. The average molecular weight is 573 g/mol. The lowest BCUT2D eigenvalue weighted by molar-refractivity contribution is -0.321. The summed E-state index contributed by atoms with van der Waals surface area (Å²) in [5.41, 5.74) is 4.38. The van der Waals surface area contributed by atoms with Crippen LogP contribution in [0.1, 0.15) is 42.9 Å². The van der Waals surface area contributed by atoms with Gasteiger partial charge in [0.05, 0.1) is 35.3 Å². The van der Waals surface area contributed by atoms with Crippen molar-refractivity contribution < 1.29 is 32.6 Å². The molecule has 0 fully saturated rings. The van der Waals surface area contributed by atoms with Crippen LogP contribution in [0.2, 0.25) is 25.7 Å². The maximum Gasteiger partial charge on any atom is 0.416 e. The second-order valence-corrected chi connectivity index (χ2v) is 16.8. The van der Waals surface area contributed by atoms with E-state index in [-0.39, 0.29) is 30.1 Å². The number of nitriles is 1. The molecule has 7 nitrogen and oxygen atoms in total. The number of rotatable bonds is 8. The van der Waals surface area contributed by atoms with E-state index in [0.29, 0.717) is 17.2 Å². The molecule has 0 bridgehead atoms. The Kier molecular flexibility index (Phi) is 8.74. The van der Waals surface area contributed by atoms with Gasteiger partial charge in [-0.3, -0.25) is 0 Å². The summed E-state index contributed by atoms with van der Waals surface area (Å²) in [6.07, 6.45) is -4.59. The number of carbonyl (C=O) groups excluding carboxylic acids is 2. The Morgan fingerprint density at radius 3 is 2.30 bits per heavy atom. The summed E-state index contributed by atoms with van der Waals surface area (Å²) >= 11 is 0. The van der Waals surface area contributed by atoms with Crippen molar-refractivity contribution in [3.05, 3.63) is 76.6 Å². The van der Waals surface area contributed by atoms with Crippen LogP contribution >= 0.6 is 0 Å². The molecule has 0 saturated carbocycles. The number of halogens is 3. The van der Waals surface area contributed by atoms with E-state index in [9.17, 15) is 33.1 Å². The van der Waals surface area contributed by atoms with Gasteiger partial charge in [-0.1, -0.05) is 43.9 Å². The van der Waals surface area contributed by atoms with Crippen molar-refractivity contribution in [1.29, 1.82) is 5.26 Å². The Morgan fingerprint density at radius 2 is 1.80 bits per heavy atom. The number of carboxylic acid groups (broad SMARTS) is 1. The van der Waals surface area contributed by atoms with E-state index < -0.39 is 49.1 Å². The molecule has 2 aromatic carbocycles. The molecule has 0 aliphatic carbocycles. The van der Waals surface area contributed by atoms with Crippen molar-refractivity contribution >= 4 is 25.7 Å². The van der Waals surface area contributed by atoms with Gasteiger partial charge < -0.3 is 25.3 Å². The van der Waals surface area contributed by atoms with Gasteiger partial charge in [0.2, 0.25) is 0 Å². The van der Waals surface area contributed by atoms with Crippen molar-refractivity contribution in [2.24, 2.45) is 11.1 Å². The van der Waals surface area contributed by atoms with Crippen molar-refractivity contribution in [1.82, 2.24) is 0 Å². The van der Waals surface area contributed by atoms with Gasteiger partial charge in [-0.05, 0) is 56.2 Å². The van der Waals surface area contributed by atoms with Gasteiger partial charge in [0.25, 0.3) is 0 Å². The Morgan fingerprint density at radius 1 is 1.18 bits per heavy atom. The van der Waals surface area contributed by atoms with Gasteiger partial charge in [-0.15, -0.1) is 0 Å². The van der Waals surface area contributed by atoms with Crippen LogP contribution in [0.4, 0.5) is 18.9 Å². The van der Waals surface area contributed by atoms with E-state index in [1.807, 2.05) is 6.07 Å². The van der Waals surface area contributed by atoms with E-state index in [4.69, 9.17) is 10.5 Å². The highest BCUT2D eigenvalue weighted by Gasteiger charge is 2.56. The maximum absolute atomic E-state index is 13.7. The number of esters is 1. The zero-order chi connectivity index (χ0) is 30.0. The molecule has 1 heterocycles. The number of aliphatic carboxylic acids is 1. The lowest BCUT2D eigenvalue weighted by Crippen LogP contribution is -2.63. The second kappa shape index (κ2) is 11.4. The standard InChI is InChI=1S/C29H34F3N3O4Si/c1-6-39-26(36)23-24(20-12-10-19(17-33)11-13-20)28(27(37)38,14-15-40(3,4)5)18(2)35(25(23)34)22-9-7-8-21(16-22)29(30,31)32/h7-13,16,18,24H,6,14-15,34H2,1-5H3,(H,37,38)/p-1. The molecule has 40 heavy (non-hydrogen) atoms. The van der Waals surface area contributed by atoms with Crippen LogP contribution in [0.25, 0.3) is 0 Å². The van der Waals surface area contributed by atoms with Gasteiger partial charge in [0.1, 0.15) is 5.82 Å². The molecule has 0 radical (unpaired) electrons. The van der Waals surface area contributed by atoms with E-state index in [1.54, 1.807) is 26.0 Å². The lowest BCUT2D eigenvalue weighted by atomic mass is 9.60. The van der Waals surface area contributed by atoms with Gasteiger partial charge >= 0.3 is 12.1 Å². The summed E-state index contributed by atoms with van der Waals surface area (Å²) < 4.78 is 46.3. The van der Waals surface area contributed by atoms with Gasteiger partial charge in [0, 0.05) is 31.1 Å². The molecule has 2 N–H and O–H groups in total. The fourth-order valence-corrected chi connectivity index (χ4v) is 6.54. The number of benzene rings is 2. The summed E-state index contributed by atoms with van der Waals surface area (Å²) in [6, 6.07) is 12.0. The summed E-state index contributed by atoms with van der Waals surface area (Å²) in [6.45, 7) is 9.33. The minimum atomic E-state index is -4.66. The molecule has 3 atom stereocenters. The SMILES string of the molecule is CCOC(=O)C1=C(N)N(c2cccc(C(F)(F)F)c2)C(C)C(CC[Si](C)(C)C)(C(=O)[O-])C1c1ccc(C#N)cc1. The Balaban J connectivity index is 2.44. The third-order valence-electron chi connectivity index (χ3n) is 7.46. The zero-order valence-electron chi connectivity index (χ0n) is 23.1. The number of carboxylic acids is 1. The Bertz CT molecular complexity index is 1350. The van der Waals surface area contributed by atoms with Gasteiger partial charge in [0.15, 0.2) is 0 Å². The molecule has 0 spiro atoms. The molecule has 1 aliphatic rings. The molecule has 214 valence electrons.